The Morgan fingerprint density at radius 3 is 2.70 bits per heavy atom. The Kier molecular flexibility index (Phi) is 6.79. The fraction of sp³-hybridized carbons (Fsp3) is 0.360. The maximum Gasteiger partial charge on any atom is 0.433 e. The highest BCUT2D eigenvalue weighted by molar-refractivity contribution is 6.31. The van der Waals surface area contributed by atoms with Crippen molar-refractivity contribution in [1.29, 1.82) is 0 Å². The maximum absolute atomic E-state index is 13.4. The molecular formula is C25H25ClF3N3O. The van der Waals surface area contributed by atoms with Gasteiger partial charge in [0.25, 0.3) is 5.91 Å². The molecule has 0 spiro atoms. The van der Waals surface area contributed by atoms with Crippen LogP contribution in [0.4, 0.5) is 18.9 Å². The number of benzene rings is 2. The normalized spacial score (nSPS) is 18.8. The first-order valence-electron chi connectivity index (χ1n) is 11.0. The minimum absolute atomic E-state index is 0.0343. The number of fused-ring (bicyclic) bond motifs is 1. The molecule has 2 N–H and O–H groups in total. The van der Waals surface area contributed by atoms with Gasteiger partial charge >= 0.3 is 6.18 Å². The molecule has 2 atom stereocenters. The summed E-state index contributed by atoms with van der Waals surface area (Å²) in [6.07, 6.45) is -0.998. The van der Waals surface area contributed by atoms with Crippen molar-refractivity contribution in [1.82, 2.24) is 10.3 Å². The van der Waals surface area contributed by atoms with E-state index in [1.54, 1.807) is 6.07 Å². The Hall–Kier alpha value is -2.80. The minimum atomic E-state index is -4.54. The molecule has 0 radical (unpaired) electrons. The van der Waals surface area contributed by atoms with Gasteiger partial charge in [-0.3, -0.25) is 4.79 Å². The standard InChI is InChI=1S/C25H25ClF3N3O/c1-15-5-2-3-8-19(15)24(33)31-18-7-4-6-16(11-18)14-30-22-13-23(25(27,28)29)32-21-10-9-17(26)12-20(21)22/h2-3,5,8-10,12-13,16,18H,4,6-7,11,14H2,1H3,(H,30,32)(H,31,33)/t16-,18+/m0/s1. The summed E-state index contributed by atoms with van der Waals surface area (Å²) in [6, 6.07) is 13.2. The predicted molar refractivity (Wildman–Crippen MR) is 125 cm³/mol. The van der Waals surface area contributed by atoms with Crippen LogP contribution in [0.1, 0.15) is 47.3 Å². The molecule has 1 saturated carbocycles. The van der Waals surface area contributed by atoms with Gasteiger partial charge in [0, 0.05) is 34.2 Å². The van der Waals surface area contributed by atoms with Crippen molar-refractivity contribution in [3.63, 3.8) is 0 Å². The summed E-state index contributed by atoms with van der Waals surface area (Å²) < 4.78 is 40.1. The first kappa shape index (κ1) is 23.4. The number of nitrogens with one attached hydrogen (secondary N) is 2. The largest absolute Gasteiger partial charge is 0.433 e. The van der Waals surface area contributed by atoms with Crippen molar-refractivity contribution in [2.45, 2.75) is 44.8 Å². The van der Waals surface area contributed by atoms with Crippen LogP contribution in [0, 0.1) is 12.8 Å². The molecule has 4 nitrogen and oxygen atoms in total. The van der Waals surface area contributed by atoms with Gasteiger partial charge in [-0.2, -0.15) is 13.2 Å². The SMILES string of the molecule is Cc1ccccc1C(=O)N[C@@H]1CCC[C@H](CNc2cc(C(F)(F)F)nc3ccc(Cl)cc23)C1. The summed E-state index contributed by atoms with van der Waals surface area (Å²) in [4.78, 5) is 16.4. The summed E-state index contributed by atoms with van der Waals surface area (Å²) in [5.41, 5.74) is 1.25. The summed E-state index contributed by atoms with van der Waals surface area (Å²) >= 11 is 6.08. The molecule has 33 heavy (non-hydrogen) atoms. The van der Waals surface area contributed by atoms with Crippen LogP contribution in [0.25, 0.3) is 10.9 Å². The molecule has 1 aromatic heterocycles. The number of carbonyl (C=O) groups excluding carboxylic acids is 1. The molecule has 1 heterocycles. The molecule has 1 aliphatic rings. The molecule has 1 aliphatic carbocycles. The monoisotopic (exact) mass is 475 g/mol. The highest BCUT2D eigenvalue weighted by Crippen LogP contribution is 2.34. The second-order valence-electron chi connectivity index (χ2n) is 8.61. The lowest BCUT2D eigenvalue weighted by molar-refractivity contribution is -0.140. The molecule has 0 saturated heterocycles. The van der Waals surface area contributed by atoms with E-state index in [0.717, 1.165) is 37.3 Å². The number of alkyl halides is 3. The van der Waals surface area contributed by atoms with Gasteiger partial charge in [-0.25, -0.2) is 4.98 Å². The zero-order valence-corrected chi connectivity index (χ0v) is 18.9. The van der Waals surface area contributed by atoms with Gasteiger partial charge in [0.2, 0.25) is 0 Å². The lowest BCUT2D eigenvalue weighted by Gasteiger charge is -2.30. The summed E-state index contributed by atoms with van der Waals surface area (Å²) in [7, 11) is 0. The van der Waals surface area contributed by atoms with Crippen molar-refractivity contribution in [2.24, 2.45) is 5.92 Å². The van der Waals surface area contributed by atoms with E-state index in [1.807, 2.05) is 31.2 Å². The van der Waals surface area contributed by atoms with Gasteiger partial charge in [0.1, 0.15) is 5.69 Å². The van der Waals surface area contributed by atoms with Crippen molar-refractivity contribution in [2.75, 3.05) is 11.9 Å². The van der Waals surface area contributed by atoms with E-state index in [1.165, 1.54) is 12.1 Å². The van der Waals surface area contributed by atoms with Gasteiger partial charge in [-0.05, 0) is 68.0 Å². The average Bonchev–Trinajstić information content (AvgIpc) is 2.77. The van der Waals surface area contributed by atoms with E-state index in [-0.39, 0.29) is 23.4 Å². The Bertz CT molecular complexity index is 1170. The quantitative estimate of drug-likeness (QED) is 0.436. The molecule has 3 aromatic rings. The summed E-state index contributed by atoms with van der Waals surface area (Å²) in [6.45, 7) is 2.41. The number of nitrogens with zero attached hydrogens (tertiary/aromatic N) is 1. The zero-order valence-electron chi connectivity index (χ0n) is 18.2. The van der Waals surface area contributed by atoms with E-state index < -0.39 is 11.9 Å². The van der Waals surface area contributed by atoms with Gasteiger partial charge in [-0.15, -0.1) is 0 Å². The lowest BCUT2D eigenvalue weighted by atomic mass is 9.85. The van der Waals surface area contributed by atoms with Crippen LogP contribution >= 0.6 is 11.6 Å². The van der Waals surface area contributed by atoms with E-state index in [0.29, 0.717) is 28.2 Å². The number of aryl methyl sites for hydroxylation is 1. The van der Waals surface area contributed by atoms with Crippen molar-refractivity contribution >= 4 is 34.1 Å². The molecule has 0 unspecified atom stereocenters. The molecule has 2 aromatic carbocycles. The molecule has 1 fully saturated rings. The van der Waals surface area contributed by atoms with Crippen LogP contribution in [0.2, 0.25) is 5.02 Å². The van der Waals surface area contributed by atoms with Crippen LogP contribution in [0.5, 0.6) is 0 Å². The second-order valence-corrected chi connectivity index (χ2v) is 9.05. The third-order valence-corrected chi connectivity index (χ3v) is 6.39. The number of carbonyl (C=O) groups is 1. The van der Waals surface area contributed by atoms with Crippen LogP contribution in [0.3, 0.4) is 0 Å². The molecule has 8 heteroatoms. The minimum Gasteiger partial charge on any atom is -0.384 e. The van der Waals surface area contributed by atoms with Crippen molar-refractivity contribution in [3.8, 4) is 0 Å². The van der Waals surface area contributed by atoms with Crippen molar-refractivity contribution < 1.29 is 18.0 Å². The third-order valence-electron chi connectivity index (χ3n) is 6.15. The first-order chi connectivity index (χ1) is 15.7. The number of rotatable bonds is 5. The van der Waals surface area contributed by atoms with E-state index in [4.69, 9.17) is 11.6 Å². The molecule has 4 rings (SSSR count). The van der Waals surface area contributed by atoms with Gasteiger partial charge in [0.05, 0.1) is 5.52 Å². The Morgan fingerprint density at radius 2 is 1.94 bits per heavy atom. The van der Waals surface area contributed by atoms with E-state index in [2.05, 4.69) is 15.6 Å². The zero-order chi connectivity index (χ0) is 23.6. The molecular weight excluding hydrogens is 451 g/mol. The fourth-order valence-electron chi connectivity index (χ4n) is 4.44. The van der Waals surface area contributed by atoms with E-state index >= 15 is 0 Å². The Labute approximate surface area is 195 Å². The topological polar surface area (TPSA) is 54.0 Å². The Balaban J connectivity index is 1.46. The maximum atomic E-state index is 13.4. The van der Waals surface area contributed by atoms with Gasteiger partial charge in [0.15, 0.2) is 0 Å². The van der Waals surface area contributed by atoms with Crippen LogP contribution in [-0.2, 0) is 6.18 Å². The number of pyridine rings is 1. The second kappa shape index (κ2) is 9.59. The van der Waals surface area contributed by atoms with Crippen LogP contribution in [-0.4, -0.2) is 23.5 Å². The van der Waals surface area contributed by atoms with Crippen LogP contribution in [0.15, 0.2) is 48.5 Å². The number of anilines is 1. The van der Waals surface area contributed by atoms with Gasteiger partial charge in [-0.1, -0.05) is 36.2 Å². The number of hydrogen-bond acceptors (Lipinski definition) is 3. The fourth-order valence-corrected chi connectivity index (χ4v) is 4.61. The molecule has 1 amide bonds. The molecule has 0 bridgehead atoms. The summed E-state index contributed by atoms with van der Waals surface area (Å²) in [5, 5.41) is 7.31. The predicted octanol–water partition coefficient (Wildman–Crippen LogP) is 6.62. The number of aromatic nitrogens is 1. The first-order valence-corrected chi connectivity index (χ1v) is 11.4. The number of hydrogen-bond donors (Lipinski definition) is 2. The molecule has 0 aliphatic heterocycles. The van der Waals surface area contributed by atoms with Crippen LogP contribution < -0.4 is 10.6 Å². The highest BCUT2D eigenvalue weighted by Gasteiger charge is 2.33. The third kappa shape index (κ3) is 5.58. The highest BCUT2D eigenvalue weighted by atomic mass is 35.5. The lowest BCUT2D eigenvalue weighted by Crippen LogP contribution is -2.39. The molecule has 174 valence electrons. The Morgan fingerprint density at radius 1 is 1.15 bits per heavy atom. The number of halogens is 4. The average molecular weight is 476 g/mol. The van der Waals surface area contributed by atoms with E-state index in [9.17, 15) is 18.0 Å². The van der Waals surface area contributed by atoms with Gasteiger partial charge < -0.3 is 10.6 Å². The smallest absolute Gasteiger partial charge is 0.384 e. The number of amides is 1. The van der Waals surface area contributed by atoms with Crippen molar-refractivity contribution in [3.05, 3.63) is 70.4 Å². The summed E-state index contributed by atoms with van der Waals surface area (Å²) in [5.74, 6) is 0.133.